The van der Waals surface area contributed by atoms with Crippen LogP contribution in [-0.4, -0.2) is 6.61 Å². The van der Waals surface area contributed by atoms with Gasteiger partial charge in [0.2, 0.25) is 5.82 Å². The van der Waals surface area contributed by atoms with Crippen molar-refractivity contribution in [2.75, 3.05) is 6.61 Å². The first-order valence-electron chi connectivity index (χ1n) is 12.5. The maximum absolute atomic E-state index is 14.2. The van der Waals surface area contributed by atoms with Crippen LogP contribution in [-0.2, 0) is 12.8 Å². The van der Waals surface area contributed by atoms with Gasteiger partial charge in [-0.15, -0.1) is 0 Å². The van der Waals surface area contributed by atoms with E-state index in [1.54, 1.807) is 13.0 Å². The first-order chi connectivity index (χ1) is 15.6. The number of rotatable bonds is 11. The molecule has 2 aromatic carbocycles. The largest absolute Gasteiger partial charge is 0.491 e. The van der Waals surface area contributed by atoms with Crippen molar-refractivity contribution in [3.8, 4) is 5.75 Å². The number of allylic oxidation sites excluding steroid dienone is 2. The van der Waals surface area contributed by atoms with E-state index in [9.17, 15) is 8.78 Å². The van der Waals surface area contributed by atoms with E-state index in [1.165, 1.54) is 68.6 Å². The zero-order valence-electron chi connectivity index (χ0n) is 19.7. The van der Waals surface area contributed by atoms with Gasteiger partial charge in [0.05, 0.1) is 6.61 Å². The summed E-state index contributed by atoms with van der Waals surface area (Å²) in [6.45, 7) is 4.33. The molecule has 0 aliphatic heterocycles. The Morgan fingerprint density at radius 3 is 2.31 bits per heavy atom. The number of hydrogen-bond acceptors (Lipinski definition) is 1. The van der Waals surface area contributed by atoms with E-state index < -0.39 is 11.6 Å². The van der Waals surface area contributed by atoms with Gasteiger partial charge in [0.25, 0.3) is 0 Å². The van der Waals surface area contributed by atoms with Crippen LogP contribution in [0.2, 0.25) is 0 Å². The Labute approximate surface area is 192 Å². The lowest BCUT2D eigenvalue weighted by molar-refractivity contribution is 0.313. The van der Waals surface area contributed by atoms with E-state index in [0.29, 0.717) is 30.4 Å². The second kappa shape index (κ2) is 12.8. The summed E-state index contributed by atoms with van der Waals surface area (Å²) in [5.41, 5.74) is 3.36. The van der Waals surface area contributed by atoms with Gasteiger partial charge in [-0.25, -0.2) is 4.39 Å². The number of ether oxygens (including phenoxy) is 1. The summed E-state index contributed by atoms with van der Waals surface area (Å²) >= 11 is 0. The van der Waals surface area contributed by atoms with Gasteiger partial charge in [0.15, 0.2) is 11.6 Å². The van der Waals surface area contributed by atoms with Crippen LogP contribution in [0.3, 0.4) is 0 Å². The minimum atomic E-state index is -0.874. The molecule has 1 aliphatic carbocycles. The van der Waals surface area contributed by atoms with Crippen molar-refractivity contribution in [3.63, 3.8) is 0 Å². The summed E-state index contributed by atoms with van der Waals surface area (Å²) in [7, 11) is 0. The first-order valence-corrected chi connectivity index (χ1v) is 12.5. The maximum atomic E-state index is 14.2. The molecule has 1 nitrogen and oxygen atoms in total. The topological polar surface area (TPSA) is 9.23 Å². The van der Waals surface area contributed by atoms with Gasteiger partial charge in [-0.1, -0.05) is 62.2 Å². The van der Waals surface area contributed by atoms with Crippen molar-refractivity contribution in [3.05, 3.63) is 76.9 Å². The van der Waals surface area contributed by atoms with E-state index >= 15 is 0 Å². The lowest BCUT2D eigenvalue weighted by atomic mass is 9.78. The molecule has 0 amide bonds. The molecule has 0 N–H and O–H groups in total. The molecule has 3 rings (SSSR count). The van der Waals surface area contributed by atoms with Crippen LogP contribution in [0.15, 0.2) is 48.6 Å². The van der Waals surface area contributed by atoms with Gasteiger partial charge in [0.1, 0.15) is 0 Å². The predicted octanol–water partition coefficient (Wildman–Crippen LogP) is 8.56. The zero-order valence-corrected chi connectivity index (χ0v) is 19.7. The molecule has 0 aromatic heterocycles. The molecule has 0 bridgehead atoms. The maximum Gasteiger partial charge on any atom is 0.200 e. The lowest BCUT2D eigenvalue weighted by Gasteiger charge is -2.27. The summed E-state index contributed by atoms with van der Waals surface area (Å²) in [5.74, 6) is -0.388. The highest BCUT2D eigenvalue weighted by molar-refractivity contribution is 5.31. The Bertz CT molecular complexity index is 848. The SMILES string of the molecule is CCCCCc1ccc(C2CCC(C=CCCc3ccc(OCC)c(F)c3F)CC2)cc1. The Hall–Kier alpha value is -2.16. The number of benzene rings is 2. The summed E-state index contributed by atoms with van der Waals surface area (Å²) in [6, 6.07) is 12.5. The molecule has 1 fully saturated rings. The molecule has 0 atom stereocenters. The third-order valence-corrected chi connectivity index (χ3v) is 6.71. The molecule has 0 heterocycles. The monoisotopic (exact) mass is 440 g/mol. The van der Waals surface area contributed by atoms with Crippen molar-refractivity contribution in [1.82, 2.24) is 0 Å². The summed E-state index contributed by atoms with van der Waals surface area (Å²) < 4.78 is 33.3. The van der Waals surface area contributed by atoms with E-state index in [0.717, 1.165) is 6.42 Å². The van der Waals surface area contributed by atoms with E-state index in [-0.39, 0.29) is 5.75 Å². The van der Waals surface area contributed by atoms with Gasteiger partial charge in [-0.3, -0.25) is 0 Å². The predicted molar refractivity (Wildman–Crippen MR) is 129 cm³/mol. The Kier molecular flexibility index (Phi) is 9.77. The van der Waals surface area contributed by atoms with Gasteiger partial charge in [-0.05, 0) is 92.9 Å². The third kappa shape index (κ3) is 6.92. The average Bonchev–Trinajstić information content (AvgIpc) is 2.82. The number of hydrogen-bond donors (Lipinski definition) is 0. The lowest BCUT2D eigenvalue weighted by Crippen LogP contribution is -2.11. The molecule has 174 valence electrons. The minimum Gasteiger partial charge on any atom is -0.491 e. The van der Waals surface area contributed by atoms with Gasteiger partial charge in [0, 0.05) is 0 Å². The Morgan fingerprint density at radius 1 is 0.875 bits per heavy atom. The van der Waals surface area contributed by atoms with Crippen molar-refractivity contribution in [2.45, 2.75) is 84.0 Å². The van der Waals surface area contributed by atoms with Crippen LogP contribution in [0.25, 0.3) is 0 Å². The van der Waals surface area contributed by atoms with Crippen molar-refractivity contribution < 1.29 is 13.5 Å². The molecule has 1 aliphatic rings. The molecule has 1 saturated carbocycles. The van der Waals surface area contributed by atoms with Gasteiger partial charge >= 0.3 is 0 Å². The quantitative estimate of drug-likeness (QED) is 0.251. The molecular formula is C29H38F2O. The standard InChI is InChI=1S/C29H38F2O/c1-3-5-6-9-22-12-16-24(17-13-22)25-18-14-23(15-19-25)10-7-8-11-26-20-21-27(32-4-2)29(31)28(26)30/h7,10,12-13,16-17,20-21,23,25H,3-6,8-9,11,14-15,18-19H2,1-2H3. The third-order valence-electron chi connectivity index (χ3n) is 6.71. The van der Waals surface area contributed by atoms with Crippen molar-refractivity contribution in [1.29, 1.82) is 0 Å². The van der Waals surface area contributed by atoms with E-state index in [1.807, 2.05) is 0 Å². The second-order valence-electron chi connectivity index (χ2n) is 9.06. The summed E-state index contributed by atoms with van der Waals surface area (Å²) in [6.07, 6.45) is 15.6. The molecular weight excluding hydrogens is 402 g/mol. The summed E-state index contributed by atoms with van der Waals surface area (Å²) in [5, 5.41) is 0. The fourth-order valence-electron chi connectivity index (χ4n) is 4.74. The molecule has 0 spiro atoms. The van der Waals surface area contributed by atoms with E-state index in [4.69, 9.17) is 4.74 Å². The molecule has 0 radical (unpaired) electrons. The normalized spacial score (nSPS) is 18.9. The fourth-order valence-corrected chi connectivity index (χ4v) is 4.74. The van der Waals surface area contributed by atoms with Crippen LogP contribution < -0.4 is 4.74 Å². The fraction of sp³-hybridized carbons (Fsp3) is 0.517. The number of aryl methyl sites for hydroxylation is 2. The number of halogens is 2. The smallest absolute Gasteiger partial charge is 0.200 e. The molecule has 32 heavy (non-hydrogen) atoms. The van der Waals surface area contributed by atoms with Crippen LogP contribution in [0.4, 0.5) is 8.78 Å². The van der Waals surface area contributed by atoms with Gasteiger partial charge in [-0.2, -0.15) is 4.39 Å². The Balaban J connectivity index is 1.42. The highest BCUT2D eigenvalue weighted by atomic mass is 19.2. The molecule has 0 saturated heterocycles. The Morgan fingerprint density at radius 2 is 1.62 bits per heavy atom. The van der Waals surface area contributed by atoms with Gasteiger partial charge < -0.3 is 4.74 Å². The minimum absolute atomic E-state index is 0.00724. The second-order valence-corrected chi connectivity index (χ2v) is 9.06. The molecule has 3 heteroatoms. The highest BCUT2D eigenvalue weighted by Crippen LogP contribution is 2.36. The first kappa shape index (κ1) is 24.5. The summed E-state index contributed by atoms with van der Waals surface area (Å²) in [4.78, 5) is 0. The number of unbranched alkanes of at least 4 members (excludes halogenated alkanes) is 2. The van der Waals surface area contributed by atoms with Crippen molar-refractivity contribution in [2.24, 2.45) is 5.92 Å². The zero-order chi connectivity index (χ0) is 22.8. The van der Waals surface area contributed by atoms with Crippen LogP contribution in [0.5, 0.6) is 5.75 Å². The molecule has 0 unspecified atom stereocenters. The average molecular weight is 441 g/mol. The molecule has 2 aromatic rings. The van der Waals surface area contributed by atoms with Crippen LogP contribution >= 0.6 is 0 Å². The van der Waals surface area contributed by atoms with Crippen molar-refractivity contribution >= 4 is 0 Å². The van der Waals surface area contributed by atoms with Crippen LogP contribution in [0, 0.1) is 17.6 Å². The van der Waals surface area contributed by atoms with E-state index in [2.05, 4.69) is 43.3 Å². The van der Waals surface area contributed by atoms with Crippen LogP contribution in [0.1, 0.15) is 87.8 Å². The highest BCUT2D eigenvalue weighted by Gasteiger charge is 2.21.